The Kier molecular flexibility index (Phi) is 13.1. The van der Waals surface area contributed by atoms with Gasteiger partial charge in [0.15, 0.2) is 5.89 Å². The lowest BCUT2D eigenvalue weighted by Gasteiger charge is -2.00. The third-order valence-corrected chi connectivity index (χ3v) is 1.74. The van der Waals surface area contributed by atoms with Crippen LogP contribution in [0.4, 0.5) is 0 Å². The molecule has 0 unspecified atom stereocenters. The van der Waals surface area contributed by atoms with Crippen molar-refractivity contribution in [3.8, 4) is 0 Å². The summed E-state index contributed by atoms with van der Waals surface area (Å²) in [6.07, 6.45) is 8.82. The van der Waals surface area contributed by atoms with Crippen molar-refractivity contribution in [3.63, 3.8) is 0 Å². The van der Waals surface area contributed by atoms with Gasteiger partial charge in [-0.3, -0.25) is 0 Å². The van der Waals surface area contributed by atoms with E-state index in [1.54, 1.807) is 25.5 Å². The minimum Gasteiger partial charge on any atom is -0.449 e. The Hall–Kier alpha value is -1.57. The van der Waals surface area contributed by atoms with Crippen LogP contribution in [0.3, 0.4) is 0 Å². The Balaban J connectivity index is 0. The second kappa shape index (κ2) is 12.5. The summed E-state index contributed by atoms with van der Waals surface area (Å²) in [6, 6.07) is 0. The average Bonchev–Trinajstić information content (AvgIpc) is 2.80. The van der Waals surface area contributed by atoms with Crippen molar-refractivity contribution >= 4 is 0 Å². The number of aromatic nitrogens is 1. The highest BCUT2D eigenvalue weighted by molar-refractivity contribution is 5.19. The van der Waals surface area contributed by atoms with Crippen molar-refractivity contribution in [1.82, 2.24) is 4.98 Å². The first-order valence-electron chi connectivity index (χ1n) is 5.92. The first-order valence-corrected chi connectivity index (χ1v) is 5.92. The van der Waals surface area contributed by atoms with Crippen molar-refractivity contribution in [1.29, 1.82) is 0 Å². The zero-order chi connectivity index (χ0) is 13.7. The molecule has 1 heterocycles. The van der Waals surface area contributed by atoms with Gasteiger partial charge in [0, 0.05) is 6.92 Å². The second-order valence-corrected chi connectivity index (χ2v) is 3.38. The molecule has 0 atom stereocenters. The van der Waals surface area contributed by atoms with Gasteiger partial charge in [-0.1, -0.05) is 64.7 Å². The molecule has 0 saturated carbocycles. The van der Waals surface area contributed by atoms with E-state index in [1.165, 1.54) is 0 Å². The largest absolute Gasteiger partial charge is 0.449 e. The number of rotatable bonds is 3. The van der Waals surface area contributed by atoms with Gasteiger partial charge >= 0.3 is 0 Å². The molecule has 0 aliphatic rings. The first-order chi connectivity index (χ1) is 8.07. The fraction of sp³-hybridized carbons (Fsp3) is 0.400. The van der Waals surface area contributed by atoms with E-state index < -0.39 is 0 Å². The van der Waals surface area contributed by atoms with Crippen molar-refractivity contribution in [2.45, 2.75) is 34.6 Å². The summed E-state index contributed by atoms with van der Waals surface area (Å²) >= 11 is 0. The maximum absolute atomic E-state index is 4.72. The quantitative estimate of drug-likeness (QED) is 0.693. The molecular formula is C15H25NO. The van der Waals surface area contributed by atoms with Crippen molar-refractivity contribution in [2.75, 3.05) is 0 Å². The van der Waals surface area contributed by atoms with Crippen LogP contribution >= 0.6 is 0 Å². The van der Waals surface area contributed by atoms with Gasteiger partial charge in [0.05, 0.1) is 6.20 Å². The summed E-state index contributed by atoms with van der Waals surface area (Å²) in [7, 11) is 0. The van der Waals surface area contributed by atoms with Gasteiger partial charge in [-0.25, -0.2) is 4.98 Å². The van der Waals surface area contributed by atoms with E-state index >= 15 is 0 Å². The molecule has 0 saturated heterocycles. The van der Waals surface area contributed by atoms with Crippen LogP contribution in [0, 0.1) is 12.8 Å². The Morgan fingerprint density at radius 2 is 2.00 bits per heavy atom. The third kappa shape index (κ3) is 12.4. The molecule has 0 aliphatic heterocycles. The zero-order valence-electron chi connectivity index (χ0n) is 11.7. The standard InChI is InChI=1S/C9H14.C4H5NO.C2H6/c1-5-6-7-9(4)8(2)3;1-4-5-2-3-6-4;1-2/h5-8H,1,4H2,2-3H3;2-3H,1H3;1-2H3/b7-6-;;. The second-order valence-electron chi connectivity index (χ2n) is 3.38. The molecule has 1 rings (SSSR count). The number of nitrogens with zero attached hydrogens (tertiary/aromatic N) is 1. The van der Waals surface area contributed by atoms with Crippen LogP contribution in [-0.2, 0) is 0 Å². The molecule has 17 heavy (non-hydrogen) atoms. The fourth-order valence-corrected chi connectivity index (χ4v) is 0.679. The monoisotopic (exact) mass is 235 g/mol. The first kappa shape index (κ1) is 17.8. The Bertz CT molecular complexity index is 308. The molecule has 1 aromatic rings. The predicted octanol–water partition coefficient (Wildman–Crippen LogP) is 4.95. The van der Waals surface area contributed by atoms with Gasteiger partial charge < -0.3 is 4.42 Å². The molecule has 0 N–H and O–H groups in total. The average molecular weight is 235 g/mol. The fourth-order valence-electron chi connectivity index (χ4n) is 0.679. The number of allylic oxidation sites excluding steroid dienone is 4. The minimum atomic E-state index is 0.543. The molecule has 2 heteroatoms. The van der Waals surface area contributed by atoms with Crippen LogP contribution in [0.1, 0.15) is 33.6 Å². The highest BCUT2D eigenvalue weighted by atomic mass is 16.3. The Morgan fingerprint density at radius 3 is 2.24 bits per heavy atom. The van der Waals surface area contributed by atoms with Crippen LogP contribution in [0.5, 0.6) is 0 Å². The van der Waals surface area contributed by atoms with E-state index in [0.29, 0.717) is 5.92 Å². The molecule has 0 aromatic carbocycles. The summed E-state index contributed by atoms with van der Waals surface area (Å²) in [5.74, 6) is 1.26. The van der Waals surface area contributed by atoms with Crippen LogP contribution < -0.4 is 0 Å². The van der Waals surface area contributed by atoms with Crippen molar-refractivity contribution in [2.24, 2.45) is 5.92 Å². The maximum Gasteiger partial charge on any atom is 0.190 e. The van der Waals surface area contributed by atoms with E-state index in [1.807, 2.05) is 26.0 Å². The summed E-state index contributed by atoms with van der Waals surface area (Å²) in [4.78, 5) is 3.75. The van der Waals surface area contributed by atoms with Gasteiger partial charge in [-0.2, -0.15) is 0 Å². The zero-order valence-corrected chi connectivity index (χ0v) is 11.7. The summed E-state index contributed by atoms with van der Waals surface area (Å²) in [5, 5.41) is 0. The highest BCUT2D eigenvalue weighted by Gasteiger charge is 1.91. The molecule has 0 aliphatic carbocycles. The van der Waals surface area contributed by atoms with Gasteiger partial charge in [-0.15, -0.1) is 0 Å². The van der Waals surface area contributed by atoms with Crippen LogP contribution in [0.15, 0.2) is 53.8 Å². The van der Waals surface area contributed by atoms with E-state index in [2.05, 4.69) is 32.0 Å². The number of oxazole rings is 1. The van der Waals surface area contributed by atoms with E-state index in [9.17, 15) is 0 Å². The van der Waals surface area contributed by atoms with E-state index in [0.717, 1.165) is 11.5 Å². The number of hydrogen-bond acceptors (Lipinski definition) is 2. The molecule has 1 aromatic heterocycles. The molecule has 0 bridgehead atoms. The number of hydrogen-bond donors (Lipinski definition) is 0. The predicted molar refractivity (Wildman–Crippen MR) is 75.9 cm³/mol. The lowest BCUT2D eigenvalue weighted by Crippen LogP contribution is -1.86. The minimum absolute atomic E-state index is 0.543. The Morgan fingerprint density at radius 1 is 1.41 bits per heavy atom. The normalized spacial score (nSPS) is 9.06. The van der Waals surface area contributed by atoms with Gasteiger partial charge in [0.25, 0.3) is 0 Å². The van der Waals surface area contributed by atoms with Gasteiger partial charge in [-0.05, 0) is 5.92 Å². The van der Waals surface area contributed by atoms with Crippen molar-refractivity contribution in [3.05, 3.63) is 55.3 Å². The third-order valence-electron chi connectivity index (χ3n) is 1.74. The number of aryl methyl sites for hydroxylation is 1. The lowest BCUT2D eigenvalue weighted by molar-refractivity contribution is 0.521. The van der Waals surface area contributed by atoms with Crippen LogP contribution in [-0.4, -0.2) is 4.98 Å². The summed E-state index contributed by atoms with van der Waals surface area (Å²) < 4.78 is 4.72. The summed E-state index contributed by atoms with van der Waals surface area (Å²) in [6.45, 7) is 17.5. The smallest absolute Gasteiger partial charge is 0.190 e. The molecular weight excluding hydrogens is 210 g/mol. The van der Waals surface area contributed by atoms with Crippen LogP contribution in [0.25, 0.3) is 0 Å². The topological polar surface area (TPSA) is 26.0 Å². The molecule has 0 amide bonds. The highest BCUT2D eigenvalue weighted by Crippen LogP contribution is 2.06. The summed E-state index contributed by atoms with van der Waals surface area (Å²) in [5.41, 5.74) is 1.15. The van der Waals surface area contributed by atoms with Gasteiger partial charge in [0.1, 0.15) is 6.26 Å². The molecule has 0 radical (unpaired) electrons. The molecule has 0 fully saturated rings. The van der Waals surface area contributed by atoms with E-state index in [4.69, 9.17) is 4.42 Å². The Labute approximate surface area is 106 Å². The van der Waals surface area contributed by atoms with Gasteiger partial charge in [0.2, 0.25) is 0 Å². The van der Waals surface area contributed by atoms with Crippen molar-refractivity contribution < 1.29 is 4.42 Å². The lowest BCUT2D eigenvalue weighted by atomic mass is 10.1. The van der Waals surface area contributed by atoms with E-state index in [-0.39, 0.29) is 0 Å². The van der Waals surface area contributed by atoms with Crippen LogP contribution in [0.2, 0.25) is 0 Å². The SMILES string of the molecule is C=C/C=C\C(=C)C(C)C.CC.Cc1ncco1. The molecule has 2 nitrogen and oxygen atoms in total. The molecule has 96 valence electrons. The molecule has 0 spiro atoms. The maximum atomic E-state index is 4.72.